The number of amides is 2. The Morgan fingerprint density at radius 1 is 1.09 bits per heavy atom. The highest BCUT2D eigenvalue weighted by molar-refractivity contribution is 5.97. The lowest BCUT2D eigenvalue weighted by Gasteiger charge is -2.36. The van der Waals surface area contributed by atoms with Crippen molar-refractivity contribution in [1.29, 1.82) is 0 Å². The fraction of sp³-hybridized carbons (Fsp3) is 0.615. The third-order valence-electron chi connectivity index (χ3n) is 6.90. The van der Waals surface area contributed by atoms with Crippen molar-refractivity contribution in [3.8, 4) is 0 Å². The first-order valence-electron chi connectivity index (χ1n) is 12.8. The zero-order valence-corrected chi connectivity index (χ0v) is 20.9. The third kappa shape index (κ3) is 6.89. The fourth-order valence-corrected chi connectivity index (χ4v) is 5.01. The lowest BCUT2D eigenvalue weighted by atomic mass is 10.0. The van der Waals surface area contributed by atoms with Crippen molar-refractivity contribution in [2.45, 2.75) is 77.9 Å². The number of hydrogen-bond donors (Lipinski definition) is 1. The van der Waals surface area contributed by atoms with Crippen LogP contribution in [-0.4, -0.2) is 59.2 Å². The Hall–Kier alpha value is -2.78. The van der Waals surface area contributed by atoms with Gasteiger partial charge in [0.1, 0.15) is 0 Å². The van der Waals surface area contributed by atoms with Gasteiger partial charge in [-0.1, -0.05) is 24.4 Å². The van der Waals surface area contributed by atoms with Crippen molar-refractivity contribution < 1.29 is 18.8 Å². The average Bonchev–Trinajstić information content (AvgIpc) is 3.28. The summed E-state index contributed by atoms with van der Waals surface area (Å²) in [6.45, 7) is 7.51. The molecule has 190 valence electrons. The first-order valence-corrected chi connectivity index (χ1v) is 12.8. The van der Waals surface area contributed by atoms with Crippen LogP contribution in [0.15, 0.2) is 22.7 Å². The molecule has 1 aromatic heterocycles. The lowest BCUT2D eigenvalue weighted by molar-refractivity contribution is -0.116. The molecular formula is C26H37N5O4. The minimum atomic E-state index is -0.201. The van der Waals surface area contributed by atoms with Crippen LogP contribution in [0.3, 0.4) is 0 Å². The van der Waals surface area contributed by atoms with Gasteiger partial charge in [0, 0.05) is 57.4 Å². The summed E-state index contributed by atoms with van der Waals surface area (Å²) in [7, 11) is 0. The minimum absolute atomic E-state index is 0.0330. The number of fused-ring (bicyclic) bond motifs is 1. The molecule has 3 heterocycles. The minimum Gasteiger partial charge on any atom is -0.381 e. The van der Waals surface area contributed by atoms with Crippen LogP contribution >= 0.6 is 0 Å². The van der Waals surface area contributed by atoms with E-state index in [0.717, 1.165) is 63.1 Å². The molecule has 0 spiro atoms. The Labute approximate surface area is 207 Å². The lowest BCUT2D eigenvalue weighted by Crippen LogP contribution is -2.40. The highest BCUT2D eigenvalue weighted by atomic mass is 16.5. The monoisotopic (exact) mass is 483 g/mol. The van der Waals surface area contributed by atoms with Crippen LogP contribution in [0.2, 0.25) is 0 Å². The maximum Gasteiger partial charge on any atom is 0.251 e. The van der Waals surface area contributed by atoms with Crippen molar-refractivity contribution in [2.24, 2.45) is 0 Å². The topological polar surface area (TPSA) is 101 Å². The number of rotatable bonds is 4. The highest BCUT2D eigenvalue weighted by Crippen LogP contribution is 2.28. The number of nitrogens with one attached hydrogen (secondary N) is 1. The third-order valence-corrected chi connectivity index (χ3v) is 6.90. The van der Waals surface area contributed by atoms with E-state index in [1.165, 1.54) is 12.8 Å². The van der Waals surface area contributed by atoms with Crippen LogP contribution in [0.25, 0.3) is 0 Å². The predicted molar refractivity (Wildman–Crippen MR) is 132 cm³/mol. The van der Waals surface area contributed by atoms with E-state index in [4.69, 9.17) is 9.26 Å². The van der Waals surface area contributed by atoms with Crippen LogP contribution in [0.1, 0.15) is 79.5 Å². The zero-order chi connectivity index (χ0) is 24.6. The van der Waals surface area contributed by atoms with Gasteiger partial charge in [-0.05, 0) is 56.0 Å². The molecule has 2 aromatic rings. The standard InChI is InChI=1S/C26H37N5O4/c1-19-28-25(29-35-19)17-27-26(33)21-8-9-24-22(16-21)18-30(23-10-14-34-15-11-23)12-6-4-3-5-7-13-31(24)20(2)32/h8-9,16,23H,3-7,10-15,17-18H2,1-2H3,(H,27,33). The number of hydrogen-bond acceptors (Lipinski definition) is 7. The molecule has 4 rings (SSSR count). The second-order valence-electron chi connectivity index (χ2n) is 9.51. The van der Waals surface area contributed by atoms with Crippen LogP contribution in [0.5, 0.6) is 0 Å². The Balaban J connectivity index is 1.61. The van der Waals surface area contributed by atoms with Crippen molar-refractivity contribution in [3.05, 3.63) is 41.0 Å². The summed E-state index contributed by atoms with van der Waals surface area (Å²) in [5.74, 6) is 0.737. The van der Waals surface area contributed by atoms with Gasteiger partial charge in [0.05, 0.1) is 6.54 Å². The molecule has 9 heteroatoms. The van der Waals surface area contributed by atoms with E-state index in [1.54, 1.807) is 19.9 Å². The van der Waals surface area contributed by atoms with Crippen molar-refractivity contribution in [3.63, 3.8) is 0 Å². The molecule has 2 amide bonds. The molecule has 0 unspecified atom stereocenters. The molecule has 0 radical (unpaired) electrons. The molecule has 2 aliphatic heterocycles. The SMILES string of the molecule is CC(=O)N1CCCCCCCN(C2CCOCC2)Cc2cc(C(=O)NCc3noc(C)n3)ccc21. The van der Waals surface area contributed by atoms with E-state index in [2.05, 4.69) is 20.4 Å². The van der Waals surface area contributed by atoms with Crippen LogP contribution in [-0.2, 0) is 22.6 Å². The molecule has 1 aromatic carbocycles. The number of aromatic nitrogens is 2. The van der Waals surface area contributed by atoms with Crippen molar-refractivity contribution in [2.75, 3.05) is 31.2 Å². The molecule has 0 aliphatic carbocycles. The number of aryl methyl sites for hydroxylation is 1. The van der Waals surface area contributed by atoms with Gasteiger partial charge >= 0.3 is 0 Å². The van der Waals surface area contributed by atoms with E-state index in [-0.39, 0.29) is 18.4 Å². The quantitative estimate of drug-likeness (QED) is 0.709. The molecular weight excluding hydrogens is 446 g/mol. The zero-order valence-electron chi connectivity index (χ0n) is 20.9. The predicted octanol–water partition coefficient (Wildman–Crippen LogP) is 3.61. The van der Waals surface area contributed by atoms with Crippen LogP contribution in [0.4, 0.5) is 5.69 Å². The number of nitrogens with zero attached hydrogens (tertiary/aromatic N) is 4. The second-order valence-corrected chi connectivity index (χ2v) is 9.51. The molecule has 2 aliphatic rings. The van der Waals surface area contributed by atoms with Crippen molar-refractivity contribution in [1.82, 2.24) is 20.4 Å². The molecule has 0 atom stereocenters. The Kier molecular flexibility index (Phi) is 8.87. The molecule has 0 saturated carbocycles. The molecule has 1 saturated heterocycles. The average molecular weight is 484 g/mol. The Morgan fingerprint density at radius 2 is 1.83 bits per heavy atom. The number of benzene rings is 1. The number of carbonyl (C=O) groups excluding carboxylic acids is 2. The summed E-state index contributed by atoms with van der Waals surface area (Å²) in [6.07, 6.45) is 7.67. The summed E-state index contributed by atoms with van der Waals surface area (Å²) in [6, 6.07) is 6.12. The van der Waals surface area contributed by atoms with Gasteiger partial charge in [-0.15, -0.1) is 0 Å². The first-order chi connectivity index (χ1) is 17.0. The number of ether oxygens (including phenoxy) is 1. The Morgan fingerprint density at radius 3 is 2.54 bits per heavy atom. The largest absolute Gasteiger partial charge is 0.381 e. The van der Waals surface area contributed by atoms with Gasteiger partial charge < -0.3 is 19.5 Å². The van der Waals surface area contributed by atoms with E-state index in [9.17, 15) is 9.59 Å². The summed E-state index contributed by atoms with van der Waals surface area (Å²) in [4.78, 5) is 34.2. The van der Waals surface area contributed by atoms with E-state index in [0.29, 0.717) is 36.4 Å². The van der Waals surface area contributed by atoms with Crippen LogP contribution < -0.4 is 10.2 Å². The molecule has 9 nitrogen and oxygen atoms in total. The maximum atomic E-state index is 13.0. The number of anilines is 1. The summed E-state index contributed by atoms with van der Waals surface area (Å²) in [5, 5.41) is 6.72. The van der Waals surface area contributed by atoms with Gasteiger partial charge in [-0.3, -0.25) is 14.5 Å². The Bertz CT molecular complexity index is 1000. The molecule has 1 N–H and O–H groups in total. The van der Waals surface area contributed by atoms with E-state index < -0.39 is 0 Å². The van der Waals surface area contributed by atoms with Crippen LogP contribution in [0, 0.1) is 6.92 Å². The van der Waals surface area contributed by atoms with Gasteiger partial charge in [0.25, 0.3) is 5.91 Å². The fourth-order valence-electron chi connectivity index (χ4n) is 5.01. The molecule has 0 bridgehead atoms. The molecule has 1 fully saturated rings. The van der Waals surface area contributed by atoms with Gasteiger partial charge in [-0.25, -0.2) is 0 Å². The highest BCUT2D eigenvalue weighted by Gasteiger charge is 2.25. The maximum absolute atomic E-state index is 13.0. The van der Waals surface area contributed by atoms with Gasteiger partial charge in [0.2, 0.25) is 11.8 Å². The second kappa shape index (κ2) is 12.3. The van der Waals surface area contributed by atoms with Crippen molar-refractivity contribution >= 4 is 17.5 Å². The van der Waals surface area contributed by atoms with E-state index in [1.807, 2.05) is 17.0 Å². The van der Waals surface area contributed by atoms with Gasteiger partial charge in [-0.2, -0.15) is 4.98 Å². The first kappa shape index (κ1) is 25.3. The summed E-state index contributed by atoms with van der Waals surface area (Å²) >= 11 is 0. The number of carbonyl (C=O) groups is 2. The van der Waals surface area contributed by atoms with E-state index >= 15 is 0 Å². The summed E-state index contributed by atoms with van der Waals surface area (Å²) in [5.41, 5.74) is 2.47. The normalized spacial score (nSPS) is 18.9. The smallest absolute Gasteiger partial charge is 0.251 e. The molecule has 35 heavy (non-hydrogen) atoms. The summed E-state index contributed by atoms with van der Waals surface area (Å²) < 4.78 is 10.6. The van der Waals surface area contributed by atoms with Gasteiger partial charge in [0.15, 0.2) is 5.82 Å².